The first-order valence-electron chi connectivity index (χ1n) is 15.4. The average molecular weight is 672 g/mol. The number of rotatable bonds is 8. The second-order valence-electron chi connectivity index (χ2n) is 13.8. The van der Waals surface area contributed by atoms with Gasteiger partial charge in [-0.15, -0.1) is 0 Å². The second-order valence-corrected chi connectivity index (χ2v) is 13.8. The first-order valence-corrected chi connectivity index (χ1v) is 15.4. The number of anilines is 1. The smallest absolute Gasteiger partial charge is 0.408 e. The number of carboxylic acids is 1. The van der Waals surface area contributed by atoms with Crippen molar-refractivity contribution in [3.8, 4) is 5.69 Å². The molecule has 0 bridgehead atoms. The lowest BCUT2D eigenvalue weighted by molar-refractivity contribution is -0.139. The molecule has 1 saturated heterocycles. The van der Waals surface area contributed by atoms with Gasteiger partial charge in [-0.2, -0.15) is 4.98 Å². The van der Waals surface area contributed by atoms with E-state index in [2.05, 4.69) is 20.9 Å². The molecule has 1 fully saturated rings. The molecule has 48 heavy (non-hydrogen) atoms. The number of amides is 5. The summed E-state index contributed by atoms with van der Waals surface area (Å²) < 4.78 is 11.7. The summed E-state index contributed by atoms with van der Waals surface area (Å²) in [6.07, 6.45) is -0.123. The second kappa shape index (κ2) is 14.7. The Kier molecular flexibility index (Phi) is 11.5. The summed E-state index contributed by atoms with van der Waals surface area (Å²) in [6, 6.07) is 6.21. The number of carbonyl (C=O) groups is 5. The molecule has 5 amide bonds. The van der Waals surface area contributed by atoms with E-state index >= 15 is 0 Å². The van der Waals surface area contributed by atoms with Gasteiger partial charge in [-0.1, -0.05) is 12.1 Å². The van der Waals surface area contributed by atoms with Crippen LogP contribution < -0.4 is 21.6 Å². The third kappa shape index (κ3) is 11.0. The van der Waals surface area contributed by atoms with E-state index in [0.29, 0.717) is 11.3 Å². The van der Waals surface area contributed by atoms with Gasteiger partial charge in [0.05, 0.1) is 5.69 Å². The van der Waals surface area contributed by atoms with Crippen LogP contribution in [0, 0.1) is 0 Å². The van der Waals surface area contributed by atoms with Gasteiger partial charge in [-0.3, -0.25) is 14.7 Å². The first kappa shape index (κ1) is 37.3. The molecule has 1 aromatic heterocycles. The predicted octanol–water partition coefficient (Wildman–Crippen LogP) is 2.73. The molecular formula is C32H45N7O9. The van der Waals surface area contributed by atoms with Crippen LogP contribution in [-0.2, 0) is 25.5 Å². The third-order valence-electron chi connectivity index (χ3n) is 6.88. The lowest BCUT2D eigenvalue weighted by Gasteiger charge is -2.38. The molecule has 0 aliphatic carbocycles. The Morgan fingerprint density at radius 2 is 1.38 bits per heavy atom. The Morgan fingerprint density at radius 1 is 0.833 bits per heavy atom. The van der Waals surface area contributed by atoms with Crippen molar-refractivity contribution in [3.63, 3.8) is 0 Å². The lowest BCUT2D eigenvalue weighted by atomic mass is 10.0. The van der Waals surface area contributed by atoms with E-state index in [0.717, 1.165) is 0 Å². The molecule has 4 N–H and O–H groups in total. The molecule has 2 aromatic rings. The molecule has 0 spiro atoms. The lowest BCUT2D eigenvalue weighted by Crippen LogP contribution is -2.60. The maximum Gasteiger partial charge on any atom is 0.408 e. The van der Waals surface area contributed by atoms with Gasteiger partial charge in [0.25, 0.3) is 0 Å². The summed E-state index contributed by atoms with van der Waals surface area (Å²) in [5, 5.41) is 17.1. The van der Waals surface area contributed by atoms with Gasteiger partial charge in [-0.05, 0) is 79.2 Å². The zero-order valence-corrected chi connectivity index (χ0v) is 28.6. The molecule has 1 aromatic carbocycles. The highest BCUT2D eigenvalue weighted by Crippen LogP contribution is 2.16. The number of aliphatic carboxylic acids is 1. The minimum absolute atomic E-state index is 0.0177. The van der Waals surface area contributed by atoms with Crippen LogP contribution in [0.1, 0.15) is 61.0 Å². The van der Waals surface area contributed by atoms with Gasteiger partial charge in [0, 0.05) is 38.8 Å². The van der Waals surface area contributed by atoms with Crippen molar-refractivity contribution in [2.24, 2.45) is 0 Å². The highest BCUT2D eigenvalue weighted by molar-refractivity contribution is 5.90. The van der Waals surface area contributed by atoms with E-state index in [1.807, 2.05) is 0 Å². The quantitative estimate of drug-likeness (QED) is 0.323. The highest BCUT2D eigenvalue weighted by atomic mass is 16.6. The van der Waals surface area contributed by atoms with Crippen molar-refractivity contribution in [1.29, 1.82) is 0 Å². The van der Waals surface area contributed by atoms with Crippen LogP contribution in [0.4, 0.5) is 20.2 Å². The topological polar surface area (TPSA) is 201 Å². The van der Waals surface area contributed by atoms with E-state index in [-0.39, 0.29) is 44.3 Å². The van der Waals surface area contributed by atoms with E-state index in [1.165, 1.54) is 21.7 Å². The summed E-state index contributed by atoms with van der Waals surface area (Å²) in [5.41, 5.74) is -2.34. The number of carbonyl (C=O) groups excluding carboxylic acids is 4. The molecule has 1 aliphatic rings. The zero-order chi connectivity index (χ0) is 36.0. The number of urea groups is 1. The summed E-state index contributed by atoms with van der Waals surface area (Å²) >= 11 is 0. The monoisotopic (exact) mass is 671 g/mol. The molecule has 16 nitrogen and oxygen atoms in total. The van der Waals surface area contributed by atoms with E-state index < -0.39 is 52.7 Å². The Hall–Kier alpha value is -5.15. The van der Waals surface area contributed by atoms with Crippen LogP contribution in [-0.4, -0.2) is 104 Å². The van der Waals surface area contributed by atoms with Crippen molar-refractivity contribution >= 4 is 35.9 Å². The zero-order valence-electron chi connectivity index (χ0n) is 28.6. The number of carboxylic acid groups (broad SMARTS) is 1. The average Bonchev–Trinajstić information content (AvgIpc) is 2.94. The highest BCUT2D eigenvalue weighted by Gasteiger charge is 2.37. The maximum absolute atomic E-state index is 13.1. The predicted molar refractivity (Wildman–Crippen MR) is 175 cm³/mol. The summed E-state index contributed by atoms with van der Waals surface area (Å²) in [6.45, 7) is 14.3. The Balaban J connectivity index is 1.56. The fraction of sp³-hybridized carbons (Fsp3) is 0.531. The van der Waals surface area contributed by atoms with Crippen molar-refractivity contribution in [3.05, 3.63) is 52.6 Å². The van der Waals surface area contributed by atoms with Crippen LogP contribution >= 0.6 is 0 Å². The Morgan fingerprint density at radius 3 is 1.90 bits per heavy atom. The molecule has 1 atom stereocenters. The number of benzene rings is 1. The number of hydrogen-bond donors (Lipinski definition) is 4. The molecule has 1 aliphatic heterocycles. The van der Waals surface area contributed by atoms with Crippen molar-refractivity contribution < 1.29 is 38.6 Å². The number of nitrogens with one attached hydrogen (secondary N) is 3. The summed E-state index contributed by atoms with van der Waals surface area (Å²) in [5.74, 6) is -1.50. The van der Waals surface area contributed by atoms with E-state index in [4.69, 9.17) is 9.47 Å². The van der Waals surface area contributed by atoms with Crippen LogP contribution in [0.2, 0.25) is 0 Å². The molecule has 2 heterocycles. The summed E-state index contributed by atoms with van der Waals surface area (Å²) in [4.78, 5) is 81.8. The molecule has 0 radical (unpaired) electrons. The number of hydrogen-bond acceptors (Lipinski definition) is 9. The molecule has 3 rings (SSSR count). The third-order valence-corrected chi connectivity index (χ3v) is 6.88. The van der Waals surface area contributed by atoms with Gasteiger partial charge < -0.3 is 35.0 Å². The fourth-order valence-electron chi connectivity index (χ4n) is 4.66. The fourth-order valence-corrected chi connectivity index (χ4v) is 4.66. The van der Waals surface area contributed by atoms with Gasteiger partial charge in [0.2, 0.25) is 5.91 Å². The van der Waals surface area contributed by atoms with Crippen molar-refractivity contribution in [2.45, 2.75) is 84.6 Å². The SMILES string of the molecule is CC(C)(C)OC(=O)N[C@H](Cc1ccc(-n2ccc(NC(=O)N3CCN(C(=O)C(C)(C)NC(=O)OC(C)(C)C)CC3)nc2=O)cc1)C(=O)O. The van der Waals surface area contributed by atoms with E-state index in [9.17, 15) is 33.9 Å². The van der Waals surface area contributed by atoms with Gasteiger partial charge in [0.15, 0.2) is 0 Å². The van der Waals surface area contributed by atoms with Gasteiger partial charge >= 0.3 is 29.9 Å². The number of ether oxygens (including phenoxy) is 2. The molecule has 0 unspecified atom stereocenters. The van der Waals surface area contributed by atoms with Gasteiger partial charge in [-0.25, -0.2) is 24.0 Å². The standard InChI is InChI=1S/C32H45N7O9/c1-30(2,3)47-28(45)33-22(24(40)41)19-20-9-11-21(12-10-20)39-14-13-23(35-27(39)44)34-26(43)38-17-15-37(16-18-38)25(42)32(7,8)36-29(46)48-31(4,5)6/h9-14,22H,15-19H2,1-8H3,(H,33,45)(H,36,46)(H,40,41)(H,34,35,43,44)/t22-/m1/s1. The summed E-state index contributed by atoms with van der Waals surface area (Å²) in [7, 11) is 0. The molecular weight excluding hydrogens is 626 g/mol. The minimum atomic E-state index is -1.23. The largest absolute Gasteiger partial charge is 0.480 e. The van der Waals surface area contributed by atoms with Gasteiger partial charge in [0.1, 0.15) is 28.6 Å². The van der Waals surface area contributed by atoms with Crippen molar-refractivity contribution in [2.75, 3.05) is 31.5 Å². The number of aromatic nitrogens is 2. The Labute approximate surface area is 278 Å². The minimum Gasteiger partial charge on any atom is -0.480 e. The van der Waals surface area contributed by atoms with E-state index in [1.54, 1.807) is 84.6 Å². The number of nitrogens with zero attached hydrogens (tertiary/aromatic N) is 4. The molecule has 262 valence electrons. The van der Waals surface area contributed by atoms with Crippen LogP contribution in [0.3, 0.4) is 0 Å². The number of alkyl carbamates (subject to hydrolysis) is 2. The first-order chi connectivity index (χ1) is 22.1. The molecule has 16 heteroatoms. The maximum atomic E-state index is 13.1. The normalized spacial score (nSPS) is 14.4. The molecule has 0 saturated carbocycles. The Bertz CT molecular complexity index is 1570. The van der Waals surface area contributed by atoms with Crippen LogP contribution in [0.5, 0.6) is 0 Å². The van der Waals surface area contributed by atoms with Crippen LogP contribution in [0.25, 0.3) is 5.69 Å². The van der Waals surface area contributed by atoms with Crippen LogP contribution in [0.15, 0.2) is 41.3 Å². The van der Waals surface area contributed by atoms with Crippen molar-refractivity contribution in [1.82, 2.24) is 30.0 Å². The number of piperazine rings is 1.